The maximum atomic E-state index is 15.3. The number of aliphatic hydroxyl groups is 1. The van der Waals surface area contributed by atoms with Crippen LogP contribution in [0, 0.1) is 11.6 Å². The minimum atomic E-state index is -3.34. The molecule has 0 saturated heterocycles. The Labute approximate surface area is 197 Å². The lowest BCUT2D eigenvalue weighted by Crippen LogP contribution is -2.24. The lowest BCUT2D eigenvalue weighted by Gasteiger charge is -2.19. The van der Waals surface area contributed by atoms with Crippen LogP contribution in [0.15, 0.2) is 48.8 Å². The van der Waals surface area contributed by atoms with E-state index in [9.17, 15) is 9.90 Å². The van der Waals surface area contributed by atoms with Crippen molar-refractivity contribution in [1.29, 1.82) is 0 Å². The Morgan fingerprint density at radius 2 is 1.94 bits per heavy atom. The Morgan fingerprint density at radius 1 is 1.18 bits per heavy atom. The number of rotatable bonds is 4. The number of hydrogen-bond acceptors (Lipinski definition) is 4. The average Bonchev–Trinajstić information content (AvgIpc) is 3.38. The van der Waals surface area contributed by atoms with Gasteiger partial charge in [0, 0.05) is 44.2 Å². The summed E-state index contributed by atoms with van der Waals surface area (Å²) < 4.78 is 78.5. The number of hydrogen-bond donors (Lipinski definition) is 1. The summed E-state index contributed by atoms with van der Waals surface area (Å²) in [6, 6.07) is 7.75. The van der Waals surface area contributed by atoms with Gasteiger partial charge < -0.3 is 10.0 Å². The molecule has 0 bridgehead atoms. The molecule has 5 rings (SSSR count). The molecule has 1 amide bonds. The predicted molar refractivity (Wildman–Crippen MR) is 119 cm³/mol. The fourth-order valence-corrected chi connectivity index (χ4v) is 4.17. The molecule has 0 saturated carbocycles. The molecule has 6 nitrogen and oxygen atoms in total. The Hall–Kier alpha value is -3.65. The Balaban J connectivity index is 1.57. The van der Waals surface area contributed by atoms with Gasteiger partial charge in [0.2, 0.25) is 0 Å². The quantitative estimate of drug-likeness (QED) is 0.499. The van der Waals surface area contributed by atoms with Crippen molar-refractivity contribution < 1.29 is 26.9 Å². The first-order valence-electron chi connectivity index (χ1n) is 13.0. The van der Waals surface area contributed by atoms with Crippen LogP contribution in [0.1, 0.15) is 49.1 Å². The lowest BCUT2D eigenvalue weighted by molar-refractivity contribution is 0.0762. The number of nitrogens with zero attached hydrogens (tertiary/aromatic N) is 4. The zero-order valence-corrected chi connectivity index (χ0v) is 17.4. The Kier molecular flexibility index (Phi) is 3.44. The first-order valence-corrected chi connectivity index (χ1v) is 10.0. The van der Waals surface area contributed by atoms with Gasteiger partial charge in [-0.25, -0.2) is 8.78 Å². The summed E-state index contributed by atoms with van der Waals surface area (Å²) in [5.74, 6) is -2.21. The normalized spacial score (nSPS) is 17.2. The van der Waals surface area contributed by atoms with E-state index in [0.29, 0.717) is 11.3 Å². The first-order chi connectivity index (χ1) is 18.1. The molecule has 2 aromatic heterocycles. The van der Waals surface area contributed by atoms with E-state index >= 15 is 8.78 Å². The van der Waals surface area contributed by atoms with Gasteiger partial charge in [0.05, 0.1) is 35.5 Å². The van der Waals surface area contributed by atoms with E-state index in [-0.39, 0.29) is 46.6 Å². The van der Waals surface area contributed by atoms with E-state index in [2.05, 4.69) is 10.1 Å². The van der Waals surface area contributed by atoms with Crippen LogP contribution in [-0.4, -0.2) is 30.7 Å². The van der Waals surface area contributed by atoms with Crippen molar-refractivity contribution in [2.75, 3.05) is 0 Å². The van der Waals surface area contributed by atoms with E-state index in [1.807, 2.05) is 0 Å². The van der Waals surface area contributed by atoms with Crippen LogP contribution < -0.4 is 0 Å². The van der Waals surface area contributed by atoms with Crippen molar-refractivity contribution in [3.63, 3.8) is 0 Å². The highest BCUT2D eigenvalue weighted by Crippen LogP contribution is 2.36. The summed E-state index contributed by atoms with van der Waals surface area (Å²) in [5.41, 5.74) is -2.96. The average molecular weight is 455 g/mol. The highest BCUT2D eigenvalue weighted by molar-refractivity contribution is 5.98. The van der Waals surface area contributed by atoms with Crippen LogP contribution in [0.2, 0.25) is 0 Å². The minimum Gasteiger partial charge on any atom is -0.386 e. The highest BCUT2D eigenvalue weighted by Gasteiger charge is 2.30. The predicted octanol–water partition coefficient (Wildman–Crippen LogP) is 4.30. The fourth-order valence-electron chi connectivity index (χ4n) is 4.17. The van der Waals surface area contributed by atoms with Crippen LogP contribution in [0.4, 0.5) is 8.78 Å². The maximum absolute atomic E-state index is 15.3. The Morgan fingerprint density at radius 3 is 2.64 bits per heavy atom. The van der Waals surface area contributed by atoms with E-state index < -0.39 is 36.5 Å². The summed E-state index contributed by atoms with van der Waals surface area (Å²) in [5, 5.41) is 15.4. The number of aryl methyl sites for hydroxylation is 1. The standard InChI is InChI=1S/C25H22F2N4O2/c1-25(2,33)19-7-6-15(17-11-30(3)29-23(17)19)14-9-20(26)18(21(27)10-14)12-31-13-22-16(24(31)32)5-4-8-28-22/h4-11,33H,12-13H2,1-3H3/i1D3,2D3. The summed E-state index contributed by atoms with van der Waals surface area (Å²) in [7, 11) is 1.50. The number of pyridine rings is 1. The first kappa shape index (κ1) is 15.2. The van der Waals surface area contributed by atoms with Gasteiger partial charge in [-0.1, -0.05) is 12.1 Å². The monoisotopic (exact) mass is 454 g/mol. The number of aromatic nitrogens is 3. The molecule has 168 valence electrons. The summed E-state index contributed by atoms with van der Waals surface area (Å²) in [6.07, 6.45) is 2.97. The number of halogens is 2. The molecule has 0 radical (unpaired) electrons. The second-order valence-corrected chi connectivity index (χ2v) is 8.01. The second kappa shape index (κ2) is 7.45. The number of amides is 1. The Bertz CT molecular complexity index is 1600. The fraction of sp³-hybridized carbons (Fsp3) is 0.240. The molecule has 1 aliphatic rings. The zero-order chi connectivity index (χ0) is 28.5. The van der Waals surface area contributed by atoms with Crippen molar-refractivity contribution >= 4 is 16.8 Å². The summed E-state index contributed by atoms with van der Waals surface area (Å²) in [4.78, 5) is 18.1. The van der Waals surface area contributed by atoms with E-state index in [1.165, 1.54) is 35.1 Å². The molecule has 0 atom stereocenters. The molecule has 0 fully saturated rings. The lowest BCUT2D eigenvalue weighted by atomic mass is 9.91. The van der Waals surface area contributed by atoms with Crippen molar-refractivity contribution in [2.24, 2.45) is 7.05 Å². The van der Waals surface area contributed by atoms with Gasteiger partial charge >= 0.3 is 0 Å². The second-order valence-electron chi connectivity index (χ2n) is 8.01. The molecule has 33 heavy (non-hydrogen) atoms. The van der Waals surface area contributed by atoms with E-state index in [0.717, 1.165) is 18.2 Å². The van der Waals surface area contributed by atoms with Gasteiger partial charge in [-0.3, -0.25) is 14.5 Å². The third kappa shape index (κ3) is 3.56. The molecular weight excluding hydrogens is 426 g/mol. The van der Waals surface area contributed by atoms with Crippen LogP contribution in [0.3, 0.4) is 0 Å². The third-order valence-corrected chi connectivity index (χ3v) is 5.73. The van der Waals surface area contributed by atoms with Crippen molar-refractivity contribution in [2.45, 2.75) is 32.4 Å². The number of carbonyl (C=O) groups excluding carboxylic acids is 1. The third-order valence-electron chi connectivity index (χ3n) is 5.73. The van der Waals surface area contributed by atoms with Gasteiger partial charge in [-0.15, -0.1) is 0 Å². The molecular formula is C25H22F2N4O2. The number of fused-ring (bicyclic) bond motifs is 2. The molecule has 1 aliphatic heterocycles. The SMILES string of the molecule is [2H]C([2H])([2H])C(O)(c1ccc(-c2cc(F)c(CN3Cc4ncccc4C3=O)c(F)c2)c2cn(C)nc12)C([2H])([2H])[2H]. The molecule has 0 spiro atoms. The molecule has 0 aliphatic carbocycles. The van der Waals surface area contributed by atoms with E-state index in [1.54, 1.807) is 12.1 Å². The highest BCUT2D eigenvalue weighted by atomic mass is 19.1. The van der Waals surface area contributed by atoms with Crippen molar-refractivity contribution in [3.05, 3.63) is 82.8 Å². The van der Waals surface area contributed by atoms with Crippen LogP contribution >= 0.6 is 0 Å². The number of carbonyl (C=O) groups is 1. The summed E-state index contributed by atoms with van der Waals surface area (Å²) >= 11 is 0. The largest absolute Gasteiger partial charge is 0.386 e. The molecule has 8 heteroatoms. The number of benzene rings is 2. The maximum Gasteiger partial charge on any atom is 0.256 e. The minimum absolute atomic E-state index is 0.0716. The van der Waals surface area contributed by atoms with Gasteiger partial charge in [-0.2, -0.15) is 5.10 Å². The van der Waals surface area contributed by atoms with Gasteiger partial charge in [0.15, 0.2) is 0 Å². The topological polar surface area (TPSA) is 71.2 Å². The van der Waals surface area contributed by atoms with Crippen LogP contribution in [0.25, 0.3) is 22.0 Å². The molecule has 0 unspecified atom stereocenters. The van der Waals surface area contributed by atoms with E-state index in [4.69, 9.17) is 8.22 Å². The molecule has 1 N–H and O–H groups in total. The van der Waals surface area contributed by atoms with Crippen molar-refractivity contribution in [3.8, 4) is 11.1 Å². The van der Waals surface area contributed by atoms with Crippen LogP contribution in [0.5, 0.6) is 0 Å². The zero-order valence-electron chi connectivity index (χ0n) is 23.4. The molecule has 2 aromatic carbocycles. The van der Waals surface area contributed by atoms with Gasteiger partial charge in [0.1, 0.15) is 11.6 Å². The van der Waals surface area contributed by atoms with Gasteiger partial charge in [0.25, 0.3) is 5.91 Å². The summed E-state index contributed by atoms with van der Waals surface area (Å²) in [6.45, 7) is -6.89. The van der Waals surface area contributed by atoms with Gasteiger partial charge in [-0.05, 0) is 49.1 Å². The molecule has 4 aromatic rings. The van der Waals surface area contributed by atoms with Crippen molar-refractivity contribution in [1.82, 2.24) is 19.7 Å². The smallest absolute Gasteiger partial charge is 0.256 e. The van der Waals surface area contributed by atoms with Crippen LogP contribution in [-0.2, 0) is 25.7 Å². The molecule has 3 heterocycles.